The Morgan fingerprint density at radius 1 is 1.56 bits per heavy atom. The molecule has 1 unspecified atom stereocenters. The van der Waals surface area contributed by atoms with Gasteiger partial charge in [-0.3, -0.25) is 4.79 Å². The van der Waals surface area contributed by atoms with Gasteiger partial charge < -0.3 is 5.32 Å². The third-order valence-corrected chi connectivity index (χ3v) is 3.70. The largest absolute Gasteiger partial charge is 0.343 e. The van der Waals surface area contributed by atoms with Crippen LogP contribution < -0.4 is 5.32 Å². The van der Waals surface area contributed by atoms with Crippen LogP contribution in [0.4, 0.5) is 0 Å². The summed E-state index contributed by atoms with van der Waals surface area (Å²) in [6.07, 6.45) is 0. The van der Waals surface area contributed by atoms with Crippen LogP contribution in [0.2, 0.25) is 4.47 Å². The minimum absolute atomic E-state index is 0.0403. The highest BCUT2D eigenvalue weighted by molar-refractivity contribution is 7.17. The normalized spacial score (nSPS) is 12.4. The van der Waals surface area contributed by atoms with Crippen molar-refractivity contribution in [3.05, 3.63) is 31.9 Å². The van der Waals surface area contributed by atoms with Gasteiger partial charge in [-0.2, -0.15) is 11.3 Å². The van der Waals surface area contributed by atoms with E-state index < -0.39 is 0 Å². The van der Waals surface area contributed by atoms with Gasteiger partial charge in [0.25, 0.3) is 5.91 Å². The van der Waals surface area contributed by atoms with E-state index in [2.05, 4.69) is 15.5 Å². The first-order valence-corrected chi connectivity index (χ1v) is 6.62. The summed E-state index contributed by atoms with van der Waals surface area (Å²) in [6, 6.07) is 1.93. The molecule has 7 heteroatoms. The third-order valence-electron chi connectivity index (χ3n) is 1.99. The number of nitrogens with zero attached hydrogens (tertiary/aromatic N) is 2. The zero-order valence-electron chi connectivity index (χ0n) is 8.31. The lowest BCUT2D eigenvalue weighted by atomic mass is 10.2. The number of halogens is 1. The van der Waals surface area contributed by atoms with Crippen molar-refractivity contribution < 1.29 is 4.79 Å². The molecule has 0 bridgehead atoms. The number of carbonyl (C=O) groups excluding carboxylic acids is 1. The lowest BCUT2D eigenvalue weighted by molar-refractivity contribution is 0.0939. The average Bonchev–Trinajstić information content (AvgIpc) is 2.87. The second kappa shape index (κ2) is 4.90. The lowest BCUT2D eigenvalue weighted by Crippen LogP contribution is -2.26. The number of aromatic nitrogens is 2. The molecule has 0 saturated carbocycles. The van der Waals surface area contributed by atoms with Gasteiger partial charge in [0.15, 0.2) is 0 Å². The standard InChI is InChI=1S/C9H8ClN3OS2/c1-5(6-2-3-15-4-6)11-7(14)8-12-13-9(10)16-8/h2-5H,1H3,(H,11,14). The number of thiophene rings is 1. The van der Waals surface area contributed by atoms with E-state index in [0.29, 0.717) is 0 Å². The van der Waals surface area contributed by atoms with Crippen LogP contribution in [0.3, 0.4) is 0 Å². The number of carbonyl (C=O) groups is 1. The van der Waals surface area contributed by atoms with Crippen molar-refractivity contribution in [1.82, 2.24) is 15.5 Å². The van der Waals surface area contributed by atoms with E-state index in [1.165, 1.54) is 0 Å². The molecule has 4 nitrogen and oxygen atoms in total. The Morgan fingerprint density at radius 3 is 2.94 bits per heavy atom. The van der Waals surface area contributed by atoms with Crippen LogP contribution in [0.15, 0.2) is 16.8 Å². The van der Waals surface area contributed by atoms with Crippen LogP contribution >= 0.6 is 34.3 Å². The van der Waals surface area contributed by atoms with Gasteiger partial charge in [-0.1, -0.05) is 11.3 Å². The Kier molecular flexibility index (Phi) is 3.52. The molecule has 0 aliphatic carbocycles. The van der Waals surface area contributed by atoms with Gasteiger partial charge in [-0.15, -0.1) is 10.2 Å². The monoisotopic (exact) mass is 273 g/mol. The summed E-state index contributed by atoms with van der Waals surface area (Å²) in [7, 11) is 0. The molecule has 2 rings (SSSR count). The predicted octanol–water partition coefficient (Wildman–Crippen LogP) is 2.74. The van der Waals surface area contributed by atoms with Gasteiger partial charge in [-0.25, -0.2) is 0 Å². The van der Waals surface area contributed by atoms with Crippen LogP contribution in [-0.4, -0.2) is 16.1 Å². The molecule has 1 amide bonds. The summed E-state index contributed by atoms with van der Waals surface area (Å²) in [5.41, 5.74) is 1.08. The number of hydrogen-bond acceptors (Lipinski definition) is 5. The maximum absolute atomic E-state index is 11.7. The predicted molar refractivity (Wildman–Crippen MR) is 65.1 cm³/mol. The smallest absolute Gasteiger partial charge is 0.282 e. The molecular weight excluding hydrogens is 266 g/mol. The molecule has 0 radical (unpaired) electrons. The fourth-order valence-electron chi connectivity index (χ4n) is 1.16. The molecular formula is C9H8ClN3OS2. The molecule has 1 atom stereocenters. The Hall–Kier alpha value is -0.980. The Balaban J connectivity index is 2.03. The molecule has 16 heavy (non-hydrogen) atoms. The van der Waals surface area contributed by atoms with Crippen molar-refractivity contribution in [3.8, 4) is 0 Å². The van der Waals surface area contributed by atoms with Crippen LogP contribution in [0.25, 0.3) is 0 Å². The lowest BCUT2D eigenvalue weighted by Gasteiger charge is -2.10. The molecule has 0 spiro atoms. The molecule has 84 valence electrons. The second-order valence-corrected chi connectivity index (χ2v) is 5.45. The zero-order chi connectivity index (χ0) is 11.5. The van der Waals surface area contributed by atoms with E-state index in [1.807, 2.05) is 23.8 Å². The number of rotatable bonds is 3. The number of hydrogen-bond donors (Lipinski definition) is 1. The van der Waals surface area contributed by atoms with Crippen molar-refractivity contribution in [3.63, 3.8) is 0 Å². The molecule has 0 fully saturated rings. The SMILES string of the molecule is CC(NC(=O)c1nnc(Cl)s1)c1ccsc1. The van der Waals surface area contributed by atoms with E-state index in [0.717, 1.165) is 16.9 Å². The van der Waals surface area contributed by atoms with E-state index in [9.17, 15) is 4.79 Å². The van der Waals surface area contributed by atoms with Crippen LogP contribution in [0.5, 0.6) is 0 Å². The Labute approximate surface area is 105 Å². The summed E-state index contributed by atoms with van der Waals surface area (Å²) >= 11 is 8.27. The minimum Gasteiger partial charge on any atom is -0.343 e. The zero-order valence-corrected chi connectivity index (χ0v) is 10.7. The summed E-state index contributed by atoms with van der Waals surface area (Å²) < 4.78 is 0.272. The van der Waals surface area contributed by atoms with Gasteiger partial charge in [0.2, 0.25) is 9.47 Å². The van der Waals surface area contributed by atoms with Gasteiger partial charge >= 0.3 is 0 Å². The molecule has 2 aromatic rings. The maximum Gasteiger partial charge on any atom is 0.282 e. The molecule has 0 aromatic carbocycles. The van der Waals surface area contributed by atoms with E-state index >= 15 is 0 Å². The third kappa shape index (κ3) is 2.58. The number of nitrogens with one attached hydrogen (secondary N) is 1. The summed E-state index contributed by atoms with van der Waals surface area (Å²) in [6.45, 7) is 1.92. The first-order chi connectivity index (χ1) is 7.66. The fourth-order valence-corrected chi connectivity index (χ4v) is 2.65. The van der Waals surface area contributed by atoms with Gasteiger partial charge in [0.1, 0.15) is 0 Å². The van der Waals surface area contributed by atoms with E-state index in [1.54, 1.807) is 11.3 Å². The van der Waals surface area contributed by atoms with Crippen molar-refractivity contribution >= 4 is 40.2 Å². The highest BCUT2D eigenvalue weighted by Gasteiger charge is 2.15. The number of amides is 1. The Morgan fingerprint density at radius 2 is 2.38 bits per heavy atom. The quantitative estimate of drug-likeness (QED) is 0.936. The molecule has 0 saturated heterocycles. The van der Waals surface area contributed by atoms with Gasteiger partial charge in [-0.05, 0) is 40.9 Å². The summed E-state index contributed by atoms with van der Waals surface area (Å²) in [5, 5.41) is 14.3. The molecule has 0 aliphatic heterocycles. The fraction of sp³-hybridized carbons (Fsp3) is 0.222. The molecule has 0 aliphatic rings. The second-order valence-electron chi connectivity index (χ2n) is 3.11. The van der Waals surface area contributed by atoms with Gasteiger partial charge in [0.05, 0.1) is 6.04 Å². The first-order valence-electron chi connectivity index (χ1n) is 4.49. The topological polar surface area (TPSA) is 54.9 Å². The van der Waals surface area contributed by atoms with Crippen molar-refractivity contribution in [1.29, 1.82) is 0 Å². The van der Waals surface area contributed by atoms with E-state index in [-0.39, 0.29) is 21.4 Å². The summed E-state index contributed by atoms with van der Waals surface area (Å²) in [4.78, 5) is 11.7. The highest BCUT2D eigenvalue weighted by atomic mass is 35.5. The van der Waals surface area contributed by atoms with Crippen LogP contribution in [-0.2, 0) is 0 Å². The molecule has 1 N–H and O–H groups in total. The van der Waals surface area contributed by atoms with Crippen LogP contribution in [0.1, 0.15) is 28.3 Å². The van der Waals surface area contributed by atoms with E-state index in [4.69, 9.17) is 11.6 Å². The van der Waals surface area contributed by atoms with Crippen LogP contribution in [0, 0.1) is 0 Å². The van der Waals surface area contributed by atoms with Crippen molar-refractivity contribution in [2.24, 2.45) is 0 Å². The highest BCUT2D eigenvalue weighted by Crippen LogP contribution is 2.18. The minimum atomic E-state index is -0.247. The maximum atomic E-state index is 11.7. The molecule has 2 aromatic heterocycles. The first kappa shape index (κ1) is 11.5. The van der Waals surface area contributed by atoms with Gasteiger partial charge in [0, 0.05) is 0 Å². The summed E-state index contributed by atoms with van der Waals surface area (Å²) in [5.74, 6) is -0.247. The molecule has 2 heterocycles. The average molecular weight is 274 g/mol. The van der Waals surface area contributed by atoms with Crippen molar-refractivity contribution in [2.45, 2.75) is 13.0 Å². The Bertz CT molecular complexity index is 483. The van der Waals surface area contributed by atoms with Crippen molar-refractivity contribution in [2.75, 3.05) is 0 Å².